The molecular weight excluding hydrogens is 195 g/mol. The normalized spacial score (nSPS) is 11.5. The van der Waals surface area contributed by atoms with Gasteiger partial charge < -0.3 is 5.11 Å². The third kappa shape index (κ3) is 3.13. The molecule has 0 aromatic heterocycles. The maximum Gasteiger partial charge on any atom is 0.168 e. The Balaban J connectivity index is 2.90. The standard InChI is InChI=1S/C12H15FO2/c1-8-4-5-10(13)6-9(8)7-11(14)12(2,3)15/h4-6,15H,7H2,1-3H3. The van der Waals surface area contributed by atoms with Gasteiger partial charge in [-0.2, -0.15) is 0 Å². The van der Waals surface area contributed by atoms with E-state index in [1.165, 1.54) is 26.0 Å². The zero-order chi connectivity index (χ0) is 11.6. The molecule has 0 bridgehead atoms. The smallest absolute Gasteiger partial charge is 0.168 e. The molecule has 0 spiro atoms. The Morgan fingerprint density at radius 1 is 1.47 bits per heavy atom. The second-order valence-electron chi connectivity index (χ2n) is 4.23. The van der Waals surface area contributed by atoms with Crippen LogP contribution >= 0.6 is 0 Å². The number of rotatable bonds is 3. The maximum absolute atomic E-state index is 12.9. The van der Waals surface area contributed by atoms with Gasteiger partial charge in [0.2, 0.25) is 0 Å². The fourth-order valence-electron chi connectivity index (χ4n) is 1.22. The monoisotopic (exact) mass is 210 g/mol. The summed E-state index contributed by atoms with van der Waals surface area (Å²) in [4.78, 5) is 11.5. The Kier molecular flexibility index (Phi) is 3.25. The maximum atomic E-state index is 12.9. The molecule has 0 atom stereocenters. The Bertz CT molecular complexity index is 378. The third-order valence-corrected chi connectivity index (χ3v) is 2.34. The minimum absolute atomic E-state index is 0.0626. The van der Waals surface area contributed by atoms with Crippen molar-refractivity contribution < 1.29 is 14.3 Å². The second-order valence-corrected chi connectivity index (χ2v) is 4.23. The van der Waals surface area contributed by atoms with Crippen LogP contribution in [0.25, 0.3) is 0 Å². The van der Waals surface area contributed by atoms with Gasteiger partial charge in [0.15, 0.2) is 5.78 Å². The first-order valence-corrected chi connectivity index (χ1v) is 4.81. The first-order chi connectivity index (χ1) is 6.80. The highest BCUT2D eigenvalue weighted by molar-refractivity contribution is 5.88. The minimum Gasteiger partial charge on any atom is -0.383 e. The Morgan fingerprint density at radius 3 is 2.60 bits per heavy atom. The van der Waals surface area contributed by atoms with E-state index in [0.29, 0.717) is 5.56 Å². The topological polar surface area (TPSA) is 37.3 Å². The van der Waals surface area contributed by atoms with Crippen LogP contribution in [0, 0.1) is 12.7 Å². The summed E-state index contributed by atoms with van der Waals surface area (Å²) in [5.74, 6) is -0.671. The van der Waals surface area contributed by atoms with Gasteiger partial charge in [0.1, 0.15) is 11.4 Å². The molecule has 0 heterocycles. The van der Waals surface area contributed by atoms with Crippen molar-refractivity contribution in [3.63, 3.8) is 0 Å². The molecule has 1 rings (SSSR count). The van der Waals surface area contributed by atoms with E-state index < -0.39 is 5.60 Å². The van der Waals surface area contributed by atoms with Crippen molar-refractivity contribution in [2.75, 3.05) is 0 Å². The van der Waals surface area contributed by atoms with Crippen LogP contribution in [0.5, 0.6) is 0 Å². The van der Waals surface area contributed by atoms with Crippen molar-refractivity contribution in [3.05, 3.63) is 35.1 Å². The molecule has 3 heteroatoms. The average molecular weight is 210 g/mol. The van der Waals surface area contributed by atoms with E-state index in [2.05, 4.69) is 0 Å². The van der Waals surface area contributed by atoms with Gasteiger partial charge in [-0.3, -0.25) is 4.79 Å². The van der Waals surface area contributed by atoms with Crippen LogP contribution < -0.4 is 0 Å². The lowest BCUT2D eigenvalue weighted by molar-refractivity contribution is -0.133. The molecule has 0 unspecified atom stereocenters. The fourth-order valence-corrected chi connectivity index (χ4v) is 1.22. The number of halogens is 1. The van der Waals surface area contributed by atoms with Crippen LogP contribution in [-0.4, -0.2) is 16.5 Å². The van der Waals surface area contributed by atoms with Gasteiger partial charge >= 0.3 is 0 Å². The largest absolute Gasteiger partial charge is 0.383 e. The van der Waals surface area contributed by atoms with Crippen LogP contribution in [0.1, 0.15) is 25.0 Å². The van der Waals surface area contributed by atoms with E-state index in [1.807, 2.05) is 6.92 Å². The highest BCUT2D eigenvalue weighted by atomic mass is 19.1. The molecule has 82 valence electrons. The molecule has 0 amide bonds. The fraction of sp³-hybridized carbons (Fsp3) is 0.417. The summed E-state index contributed by atoms with van der Waals surface area (Å²) in [7, 11) is 0. The molecule has 0 aliphatic carbocycles. The molecule has 0 saturated carbocycles. The van der Waals surface area contributed by atoms with E-state index in [1.54, 1.807) is 6.07 Å². The van der Waals surface area contributed by atoms with E-state index in [0.717, 1.165) is 5.56 Å². The second kappa shape index (κ2) is 4.11. The number of aliphatic hydroxyl groups is 1. The van der Waals surface area contributed by atoms with Crippen molar-refractivity contribution in [3.8, 4) is 0 Å². The summed E-state index contributed by atoms with van der Waals surface area (Å²) in [5.41, 5.74) is 0.120. The molecule has 2 nitrogen and oxygen atoms in total. The van der Waals surface area contributed by atoms with Gasteiger partial charge in [-0.1, -0.05) is 6.07 Å². The van der Waals surface area contributed by atoms with Crippen LogP contribution in [0.2, 0.25) is 0 Å². The predicted molar refractivity (Wildman–Crippen MR) is 56.1 cm³/mol. The third-order valence-electron chi connectivity index (χ3n) is 2.34. The van der Waals surface area contributed by atoms with E-state index in [9.17, 15) is 14.3 Å². The highest BCUT2D eigenvalue weighted by Gasteiger charge is 2.24. The molecule has 1 N–H and O–H groups in total. The lowest BCUT2D eigenvalue weighted by Gasteiger charge is -2.16. The summed E-state index contributed by atoms with van der Waals surface area (Å²) in [6, 6.07) is 4.31. The summed E-state index contributed by atoms with van der Waals surface area (Å²) < 4.78 is 12.9. The molecule has 0 aliphatic heterocycles. The number of hydrogen-bond acceptors (Lipinski definition) is 2. The van der Waals surface area contributed by atoms with Gasteiger partial charge in [-0.25, -0.2) is 4.39 Å². The van der Waals surface area contributed by atoms with Gasteiger partial charge in [-0.15, -0.1) is 0 Å². The number of carbonyl (C=O) groups excluding carboxylic acids is 1. The van der Waals surface area contributed by atoms with Crippen molar-refractivity contribution in [1.82, 2.24) is 0 Å². The highest BCUT2D eigenvalue weighted by Crippen LogP contribution is 2.14. The Morgan fingerprint density at radius 2 is 2.07 bits per heavy atom. The zero-order valence-corrected chi connectivity index (χ0v) is 9.17. The first kappa shape index (κ1) is 11.9. The van der Waals surface area contributed by atoms with E-state index in [-0.39, 0.29) is 18.0 Å². The lowest BCUT2D eigenvalue weighted by atomic mass is 9.95. The Labute approximate surface area is 88.7 Å². The number of Topliss-reactive ketones (excluding diaryl/α,β-unsaturated/α-hetero) is 1. The molecule has 0 radical (unpaired) electrons. The number of benzene rings is 1. The molecule has 15 heavy (non-hydrogen) atoms. The van der Waals surface area contributed by atoms with Gasteiger partial charge in [0.05, 0.1) is 0 Å². The summed E-state index contributed by atoms with van der Waals surface area (Å²) in [5, 5.41) is 9.46. The molecule has 0 saturated heterocycles. The SMILES string of the molecule is Cc1ccc(F)cc1CC(=O)C(C)(C)O. The van der Waals surface area contributed by atoms with E-state index >= 15 is 0 Å². The summed E-state index contributed by atoms with van der Waals surface area (Å²) >= 11 is 0. The molecule has 1 aromatic carbocycles. The van der Waals surface area contributed by atoms with Crippen LogP contribution in [0.3, 0.4) is 0 Å². The van der Waals surface area contributed by atoms with Crippen LogP contribution in [0.4, 0.5) is 4.39 Å². The molecular formula is C12H15FO2. The number of hydrogen-bond donors (Lipinski definition) is 1. The molecule has 0 fully saturated rings. The number of carbonyl (C=O) groups is 1. The minimum atomic E-state index is -1.36. The van der Waals surface area contributed by atoms with Gasteiger partial charge in [-0.05, 0) is 44.0 Å². The predicted octanol–water partition coefficient (Wildman–Crippen LogP) is 2.02. The van der Waals surface area contributed by atoms with E-state index in [4.69, 9.17) is 0 Å². The number of ketones is 1. The summed E-state index contributed by atoms with van der Waals surface area (Å²) in [6.45, 7) is 4.68. The van der Waals surface area contributed by atoms with Crippen LogP contribution in [-0.2, 0) is 11.2 Å². The first-order valence-electron chi connectivity index (χ1n) is 4.81. The average Bonchev–Trinajstić information content (AvgIpc) is 2.09. The zero-order valence-electron chi connectivity index (χ0n) is 9.17. The summed E-state index contributed by atoms with van der Waals surface area (Å²) in [6.07, 6.45) is 0.0626. The van der Waals surface area contributed by atoms with Crippen molar-refractivity contribution in [1.29, 1.82) is 0 Å². The Hall–Kier alpha value is -1.22. The van der Waals surface area contributed by atoms with Crippen molar-refractivity contribution in [2.24, 2.45) is 0 Å². The quantitative estimate of drug-likeness (QED) is 0.828. The van der Waals surface area contributed by atoms with Crippen molar-refractivity contribution >= 4 is 5.78 Å². The number of aryl methyl sites for hydroxylation is 1. The van der Waals surface area contributed by atoms with Gasteiger partial charge in [0.25, 0.3) is 0 Å². The van der Waals surface area contributed by atoms with Crippen molar-refractivity contribution in [2.45, 2.75) is 32.8 Å². The van der Waals surface area contributed by atoms with Crippen LogP contribution in [0.15, 0.2) is 18.2 Å². The van der Waals surface area contributed by atoms with Gasteiger partial charge in [0, 0.05) is 6.42 Å². The lowest BCUT2D eigenvalue weighted by Crippen LogP contribution is -2.32. The molecule has 0 aliphatic rings. The molecule has 1 aromatic rings.